The second kappa shape index (κ2) is 12.4. The van der Waals surface area contributed by atoms with E-state index < -0.39 is 0 Å². The van der Waals surface area contributed by atoms with Gasteiger partial charge < -0.3 is 9.71 Å². The highest BCUT2D eigenvalue weighted by Crippen LogP contribution is 2.51. The van der Waals surface area contributed by atoms with Crippen LogP contribution in [-0.2, 0) is 21.7 Å². The van der Waals surface area contributed by atoms with E-state index in [1.54, 1.807) is 0 Å². The van der Waals surface area contributed by atoms with E-state index in [1.807, 2.05) is 11.3 Å². The predicted octanol–water partition coefficient (Wildman–Crippen LogP) is 14.0. The maximum atomic E-state index is 2.68. The van der Waals surface area contributed by atoms with Crippen molar-refractivity contribution in [2.45, 2.75) is 105 Å². The lowest BCUT2D eigenvalue weighted by atomic mass is 9.43. The highest BCUT2D eigenvalue weighted by atomic mass is 32.1. The van der Waals surface area contributed by atoms with Gasteiger partial charge in [0.1, 0.15) is 0 Å². The number of hydrogen-bond donors (Lipinski definition) is 0. The average molecular weight is 751 g/mol. The summed E-state index contributed by atoms with van der Waals surface area (Å²) in [6.45, 7) is 27.9. The summed E-state index contributed by atoms with van der Waals surface area (Å²) in [7, 11) is 0. The molecule has 0 aliphatic carbocycles. The van der Waals surface area contributed by atoms with Crippen molar-refractivity contribution in [3.05, 3.63) is 138 Å². The molecule has 6 aromatic carbocycles. The van der Waals surface area contributed by atoms with Gasteiger partial charge in [0.25, 0.3) is 0 Å². The molecule has 1 aromatic heterocycles. The molecule has 0 atom stereocenters. The molecule has 0 amide bonds. The molecule has 2 aliphatic heterocycles. The Hall–Kier alpha value is -4.80. The van der Waals surface area contributed by atoms with Crippen molar-refractivity contribution in [1.82, 2.24) is 0 Å². The fourth-order valence-electron chi connectivity index (χ4n) is 8.88. The summed E-state index contributed by atoms with van der Waals surface area (Å²) >= 11 is 1.91. The minimum absolute atomic E-state index is 0.0130. The van der Waals surface area contributed by atoms with Crippen molar-refractivity contribution in [1.29, 1.82) is 0 Å². The van der Waals surface area contributed by atoms with E-state index in [0.717, 1.165) is 0 Å². The van der Waals surface area contributed by atoms with Crippen LogP contribution in [0.1, 0.15) is 105 Å². The second-order valence-corrected chi connectivity index (χ2v) is 21.5. The van der Waals surface area contributed by atoms with Crippen molar-refractivity contribution >= 4 is 77.7 Å². The Labute approximate surface area is 339 Å². The van der Waals surface area contributed by atoms with E-state index in [0.29, 0.717) is 0 Å². The van der Waals surface area contributed by atoms with Crippen molar-refractivity contribution in [2.24, 2.45) is 0 Å². The normalized spacial score (nSPS) is 14.3. The van der Waals surface area contributed by atoms with Crippen molar-refractivity contribution in [2.75, 3.05) is 9.71 Å². The molecule has 0 N–H and O–H groups in total. The quantitative estimate of drug-likeness (QED) is 0.162. The zero-order valence-electron chi connectivity index (χ0n) is 35.3. The third kappa shape index (κ3) is 5.90. The van der Waals surface area contributed by atoms with Crippen LogP contribution in [0.5, 0.6) is 0 Å². The maximum Gasteiger partial charge on any atom is 0.333 e. The lowest BCUT2D eigenvalue weighted by molar-refractivity contribution is 0.590. The molecule has 7 aromatic rings. The van der Waals surface area contributed by atoms with Gasteiger partial charge in [-0.3, -0.25) is 0 Å². The number of anilines is 5. The number of nitrogens with zero attached hydrogens (tertiary/aromatic N) is 2. The van der Waals surface area contributed by atoms with E-state index in [9.17, 15) is 0 Å². The molecule has 0 unspecified atom stereocenters. The largest absolute Gasteiger partial charge is 0.376 e. The van der Waals surface area contributed by atoms with Gasteiger partial charge >= 0.3 is 6.85 Å². The molecule has 0 radical (unpaired) electrons. The predicted molar refractivity (Wildman–Crippen MR) is 248 cm³/mol. The standard InChI is InChI=1S/C52H55BN2S/c1-49(2,3)32-17-22-36(23-18-32)54-43-26-21-34(51(7,8)9)28-42(43)53-48-41(27-35(29-45(48)54)52(10,11)12)39-31-47-40(38-15-13-14-16-46(38)56-47)30-44(39)55(53)37-24-19-33(20-25-37)50(4,5)6/h13-31H,1-12H3. The Morgan fingerprint density at radius 1 is 0.429 bits per heavy atom. The number of benzene rings is 6. The molecule has 0 saturated carbocycles. The first-order valence-corrected chi connectivity index (χ1v) is 21.2. The minimum atomic E-state index is -0.0546. The Bertz CT molecular complexity index is 2670. The van der Waals surface area contributed by atoms with Crippen LogP contribution in [0.25, 0.3) is 31.3 Å². The number of hydrogen-bond acceptors (Lipinski definition) is 3. The molecule has 56 heavy (non-hydrogen) atoms. The Morgan fingerprint density at radius 2 is 1.00 bits per heavy atom. The minimum Gasteiger partial charge on any atom is -0.376 e. The topological polar surface area (TPSA) is 6.48 Å². The van der Waals surface area contributed by atoms with E-state index in [-0.39, 0.29) is 28.5 Å². The average Bonchev–Trinajstić information content (AvgIpc) is 3.50. The Morgan fingerprint density at radius 3 is 1.61 bits per heavy atom. The molecule has 282 valence electrons. The zero-order valence-corrected chi connectivity index (χ0v) is 36.2. The molecule has 4 heteroatoms. The van der Waals surface area contributed by atoms with Crippen LogP contribution in [0.15, 0.2) is 115 Å². The van der Waals surface area contributed by atoms with Gasteiger partial charge in [-0.1, -0.05) is 144 Å². The third-order valence-electron chi connectivity index (χ3n) is 12.3. The third-order valence-corrected chi connectivity index (χ3v) is 13.4. The van der Waals surface area contributed by atoms with E-state index in [2.05, 4.69) is 208 Å². The summed E-state index contributed by atoms with van der Waals surface area (Å²) in [5, 5.41) is 2.66. The van der Waals surface area contributed by atoms with Crippen LogP contribution in [0.4, 0.5) is 28.4 Å². The van der Waals surface area contributed by atoms with Crippen LogP contribution in [0.2, 0.25) is 0 Å². The SMILES string of the molecule is CC(C)(C)c1ccc(N2B3c4cc(C(C)(C)C)ccc4N(c4ccc(C(C)(C)C)cc4)c4cc(C(C)(C)C)cc(c43)-c3cc4sc5ccccc5c4cc32)cc1. The van der Waals surface area contributed by atoms with Gasteiger partial charge in [-0.2, -0.15) is 0 Å². The summed E-state index contributed by atoms with van der Waals surface area (Å²) in [5.41, 5.74) is 17.0. The molecule has 0 fully saturated rings. The second-order valence-electron chi connectivity index (χ2n) is 20.4. The summed E-state index contributed by atoms with van der Waals surface area (Å²) in [4.78, 5) is 5.25. The molecular weight excluding hydrogens is 695 g/mol. The highest BCUT2D eigenvalue weighted by Gasteiger charge is 2.46. The smallest absolute Gasteiger partial charge is 0.333 e. The van der Waals surface area contributed by atoms with E-state index >= 15 is 0 Å². The molecule has 0 spiro atoms. The first-order valence-electron chi connectivity index (χ1n) is 20.4. The van der Waals surface area contributed by atoms with Crippen molar-refractivity contribution in [3.8, 4) is 11.1 Å². The number of fused-ring (bicyclic) bond motifs is 7. The van der Waals surface area contributed by atoms with Crippen LogP contribution >= 0.6 is 11.3 Å². The Balaban J connectivity index is 1.42. The number of thiophene rings is 1. The lowest BCUT2D eigenvalue weighted by Crippen LogP contribution is -2.62. The maximum absolute atomic E-state index is 2.68. The van der Waals surface area contributed by atoms with Crippen LogP contribution < -0.4 is 20.6 Å². The van der Waals surface area contributed by atoms with Gasteiger partial charge in [0.2, 0.25) is 0 Å². The monoisotopic (exact) mass is 750 g/mol. The van der Waals surface area contributed by atoms with Gasteiger partial charge in [0.15, 0.2) is 0 Å². The van der Waals surface area contributed by atoms with Gasteiger partial charge in [-0.05, 0) is 115 Å². The lowest BCUT2D eigenvalue weighted by Gasteiger charge is -2.47. The van der Waals surface area contributed by atoms with Crippen molar-refractivity contribution < 1.29 is 0 Å². The first kappa shape index (κ1) is 36.8. The fourth-order valence-corrected chi connectivity index (χ4v) is 10.0. The van der Waals surface area contributed by atoms with Crippen LogP contribution in [-0.4, -0.2) is 6.85 Å². The highest BCUT2D eigenvalue weighted by molar-refractivity contribution is 7.25. The van der Waals surface area contributed by atoms with Gasteiger partial charge in [-0.15, -0.1) is 11.3 Å². The molecule has 2 nitrogen and oxygen atoms in total. The number of rotatable bonds is 2. The Kier molecular flexibility index (Phi) is 8.12. The molecule has 2 aliphatic rings. The van der Waals surface area contributed by atoms with E-state index in [1.165, 1.54) is 92.9 Å². The summed E-state index contributed by atoms with van der Waals surface area (Å²) in [5.74, 6) is 0. The first-order chi connectivity index (χ1) is 26.3. The van der Waals surface area contributed by atoms with E-state index in [4.69, 9.17) is 0 Å². The molecule has 0 saturated heterocycles. The fraction of sp³-hybridized carbons (Fsp3) is 0.308. The van der Waals surface area contributed by atoms with Crippen molar-refractivity contribution in [3.63, 3.8) is 0 Å². The molecule has 3 heterocycles. The zero-order chi connectivity index (χ0) is 39.7. The summed E-state index contributed by atoms with van der Waals surface area (Å²) in [6.07, 6.45) is 0. The summed E-state index contributed by atoms with van der Waals surface area (Å²) in [6, 6.07) is 45.1. The van der Waals surface area contributed by atoms with Gasteiger partial charge in [0, 0.05) is 54.2 Å². The summed E-state index contributed by atoms with van der Waals surface area (Å²) < 4.78 is 2.67. The van der Waals surface area contributed by atoms with Crippen LogP contribution in [0, 0.1) is 0 Å². The molecule has 9 rings (SSSR count). The molecule has 0 bridgehead atoms. The molecular formula is C52H55BN2S. The van der Waals surface area contributed by atoms with Crippen LogP contribution in [0.3, 0.4) is 0 Å². The van der Waals surface area contributed by atoms with Gasteiger partial charge in [-0.25, -0.2) is 0 Å². The van der Waals surface area contributed by atoms with Gasteiger partial charge in [0.05, 0.1) is 0 Å².